The van der Waals surface area contributed by atoms with E-state index in [-0.39, 0.29) is 0 Å². The van der Waals surface area contributed by atoms with Gasteiger partial charge in [-0.05, 0) is 50.7 Å². The minimum Gasteiger partial charge on any atom is -0.367 e. The molecule has 0 radical (unpaired) electrons. The van der Waals surface area contributed by atoms with Crippen molar-refractivity contribution in [3.63, 3.8) is 0 Å². The lowest BCUT2D eigenvalue weighted by Crippen LogP contribution is -2.32. The predicted octanol–water partition coefficient (Wildman–Crippen LogP) is 3.76. The number of hydrogen-bond donors (Lipinski definition) is 0. The molecule has 0 aromatic carbocycles. The number of nitrogens with zero attached hydrogens (tertiary/aromatic N) is 2. The van der Waals surface area contributed by atoms with E-state index in [9.17, 15) is 0 Å². The second kappa shape index (κ2) is 5.07. The van der Waals surface area contributed by atoms with Crippen LogP contribution in [0.3, 0.4) is 0 Å². The van der Waals surface area contributed by atoms with Crippen LogP contribution in [0.2, 0.25) is 0 Å². The molecular weight excluding hydrogens is 208 g/mol. The summed E-state index contributed by atoms with van der Waals surface area (Å²) in [5, 5.41) is 0. The first-order chi connectivity index (χ1) is 8.11. The van der Waals surface area contributed by atoms with Crippen LogP contribution in [0.5, 0.6) is 0 Å². The highest BCUT2D eigenvalue weighted by Crippen LogP contribution is 2.33. The van der Waals surface area contributed by atoms with E-state index in [1.807, 2.05) is 6.20 Å². The molecule has 0 amide bonds. The number of fused-ring (bicyclic) bond motifs is 1. The third-order valence-corrected chi connectivity index (χ3v) is 3.59. The smallest absolute Gasteiger partial charge is 0.0664 e. The van der Waals surface area contributed by atoms with E-state index in [0.717, 1.165) is 0 Å². The van der Waals surface area contributed by atoms with Gasteiger partial charge >= 0.3 is 0 Å². The molecule has 94 valence electrons. The molecule has 1 aliphatic rings. The molecule has 1 aromatic heterocycles. The molecule has 0 bridgehead atoms. The normalized spacial score (nSPS) is 16.2. The molecule has 0 saturated carbocycles. The minimum atomic E-state index is 0.504. The minimum absolute atomic E-state index is 0.504. The topological polar surface area (TPSA) is 16.1 Å². The zero-order valence-corrected chi connectivity index (χ0v) is 11.5. The molecule has 0 atom stereocenters. The van der Waals surface area contributed by atoms with E-state index in [2.05, 4.69) is 43.6 Å². The Labute approximate surface area is 105 Å². The average molecular weight is 232 g/mol. The fourth-order valence-corrected chi connectivity index (χ4v) is 2.69. The van der Waals surface area contributed by atoms with E-state index < -0.39 is 0 Å². The van der Waals surface area contributed by atoms with Crippen LogP contribution in [0.4, 0.5) is 5.69 Å². The Bertz CT molecular complexity index is 383. The molecule has 0 aliphatic carbocycles. The molecule has 1 aromatic rings. The highest BCUT2D eigenvalue weighted by molar-refractivity contribution is 5.59. The molecule has 0 fully saturated rings. The highest BCUT2D eigenvalue weighted by atomic mass is 15.2. The lowest BCUT2D eigenvalue weighted by atomic mass is 10.0. The highest BCUT2D eigenvalue weighted by Gasteiger charge is 2.22. The zero-order valence-electron chi connectivity index (χ0n) is 11.5. The molecule has 2 rings (SSSR count). The first-order valence-electron chi connectivity index (χ1n) is 6.85. The van der Waals surface area contributed by atoms with Crippen molar-refractivity contribution >= 4 is 5.69 Å². The van der Waals surface area contributed by atoms with Gasteiger partial charge in [0.2, 0.25) is 0 Å². The van der Waals surface area contributed by atoms with Gasteiger partial charge < -0.3 is 4.90 Å². The molecule has 0 saturated heterocycles. The van der Waals surface area contributed by atoms with Gasteiger partial charge in [0, 0.05) is 18.8 Å². The molecule has 0 N–H and O–H groups in total. The van der Waals surface area contributed by atoms with E-state index in [1.54, 1.807) is 0 Å². The molecule has 17 heavy (non-hydrogen) atoms. The van der Waals surface area contributed by atoms with Crippen molar-refractivity contribution in [3.8, 4) is 0 Å². The average Bonchev–Trinajstić information content (AvgIpc) is 2.50. The van der Waals surface area contributed by atoms with Gasteiger partial charge in [-0.15, -0.1) is 0 Å². The summed E-state index contributed by atoms with van der Waals surface area (Å²) in [6, 6.07) is 2.77. The van der Waals surface area contributed by atoms with Crippen molar-refractivity contribution in [3.05, 3.63) is 23.5 Å². The van der Waals surface area contributed by atoms with E-state index in [0.29, 0.717) is 12.0 Å². The fraction of sp³-hybridized carbons (Fsp3) is 0.667. The van der Waals surface area contributed by atoms with Crippen LogP contribution < -0.4 is 4.90 Å². The van der Waals surface area contributed by atoms with Gasteiger partial charge in [0.05, 0.1) is 11.4 Å². The Balaban J connectivity index is 2.52. The van der Waals surface area contributed by atoms with Crippen LogP contribution in [0.1, 0.15) is 57.7 Å². The van der Waals surface area contributed by atoms with Crippen molar-refractivity contribution in [2.24, 2.45) is 0 Å². The second-order valence-electron chi connectivity index (χ2n) is 5.60. The van der Waals surface area contributed by atoms with Crippen LogP contribution in [-0.2, 0) is 6.42 Å². The van der Waals surface area contributed by atoms with Gasteiger partial charge in [-0.25, -0.2) is 0 Å². The summed E-state index contributed by atoms with van der Waals surface area (Å²) < 4.78 is 0. The van der Waals surface area contributed by atoms with Crippen molar-refractivity contribution < 1.29 is 0 Å². The molecule has 2 nitrogen and oxygen atoms in total. The van der Waals surface area contributed by atoms with Crippen molar-refractivity contribution in [1.82, 2.24) is 4.98 Å². The Morgan fingerprint density at radius 2 is 1.94 bits per heavy atom. The fourth-order valence-electron chi connectivity index (χ4n) is 2.69. The standard InChI is InChI=1S/C15H24N2/c1-11(2)14-15-13(8-9-16-14)7-5-6-10-17(15)12(3)4/h8-9,11-12H,5-7,10H2,1-4H3. The molecule has 0 spiro atoms. The first-order valence-corrected chi connectivity index (χ1v) is 6.85. The zero-order chi connectivity index (χ0) is 12.4. The summed E-state index contributed by atoms with van der Waals surface area (Å²) >= 11 is 0. The van der Waals surface area contributed by atoms with E-state index in [4.69, 9.17) is 0 Å². The van der Waals surface area contributed by atoms with Gasteiger partial charge in [0.1, 0.15) is 0 Å². The molecule has 2 heteroatoms. The Morgan fingerprint density at radius 1 is 1.18 bits per heavy atom. The maximum absolute atomic E-state index is 4.62. The summed E-state index contributed by atoms with van der Waals surface area (Å²) in [5.74, 6) is 0.504. The number of aryl methyl sites for hydroxylation is 1. The lowest BCUT2D eigenvalue weighted by molar-refractivity contribution is 0.646. The Hall–Kier alpha value is -1.05. The van der Waals surface area contributed by atoms with Gasteiger partial charge in [0.15, 0.2) is 0 Å². The molecular formula is C15H24N2. The third-order valence-electron chi connectivity index (χ3n) is 3.59. The Kier molecular flexibility index (Phi) is 3.70. The van der Waals surface area contributed by atoms with Crippen LogP contribution in [-0.4, -0.2) is 17.6 Å². The van der Waals surface area contributed by atoms with Crippen molar-refractivity contribution in [1.29, 1.82) is 0 Å². The number of pyridine rings is 1. The molecule has 2 heterocycles. The van der Waals surface area contributed by atoms with Crippen LogP contribution in [0, 0.1) is 0 Å². The number of hydrogen-bond acceptors (Lipinski definition) is 2. The maximum atomic E-state index is 4.62. The predicted molar refractivity (Wildman–Crippen MR) is 73.7 cm³/mol. The van der Waals surface area contributed by atoms with Gasteiger partial charge in [-0.2, -0.15) is 0 Å². The number of anilines is 1. The summed E-state index contributed by atoms with van der Waals surface area (Å²) in [6.07, 6.45) is 5.79. The van der Waals surface area contributed by atoms with Crippen molar-refractivity contribution in [2.75, 3.05) is 11.4 Å². The molecule has 1 aliphatic heterocycles. The summed E-state index contributed by atoms with van der Waals surface area (Å²) in [5.41, 5.74) is 4.20. The quantitative estimate of drug-likeness (QED) is 0.772. The van der Waals surface area contributed by atoms with E-state index in [1.165, 1.54) is 42.8 Å². The number of rotatable bonds is 2. The van der Waals surface area contributed by atoms with Crippen molar-refractivity contribution in [2.45, 2.75) is 58.9 Å². The lowest BCUT2D eigenvalue weighted by Gasteiger charge is -2.31. The van der Waals surface area contributed by atoms with E-state index >= 15 is 0 Å². The number of aromatic nitrogens is 1. The SMILES string of the molecule is CC(C)c1nccc2c1N(C(C)C)CCCC2. The van der Waals surface area contributed by atoms with Gasteiger partial charge in [-0.3, -0.25) is 4.98 Å². The second-order valence-corrected chi connectivity index (χ2v) is 5.60. The summed E-state index contributed by atoms with van der Waals surface area (Å²) in [6.45, 7) is 10.2. The maximum Gasteiger partial charge on any atom is 0.0664 e. The van der Waals surface area contributed by atoms with Gasteiger partial charge in [-0.1, -0.05) is 13.8 Å². The summed E-state index contributed by atoms with van der Waals surface area (Å²) in [4.78, 5) is 7.17. The van der Waals surface area contributed by atoms with Gasteiger partial charge in [0.25, 0.3) is 0 Å². The molecule has 0 unspecified atom stereocenters. The first kappa shape index (κ1) is 12.4. The Morgan fingerprint density at radius 3 is 2.59 bits per heavy atom. The monoisotopic (exact) mass is 232 g/mol. The van der Waals surface area contributed by atoms with Crippen LogP contribution in [0.15, 0.2) is 12.3 Å². The largest absolute Gasteiger partial charge is 0.367 e. The third kappa shape index (κ3) is 2.46. The summed E-state index contributed by atoms with van der Waals surface area (Å²) in [7, 11) is 0. The van der Waals surface area contributed by atoms with Crippen LogP contribution >= 0.6 is 0 Å². The van der Waals surface area contributed by atoms with Crippen LogP contribution in [0.25, 0.3) is 0 Å².